The van der Waals surface area contributed by atoms with E-state index in [2.05, 4.69) is 29.5 Å². The largest absolute Gasteiger partial charge is 0.357 e. The van der Waals surface area contributed by atoms with Crippen LogP contribution in [0, 0.1) is 11.7 Å². The van der Waals surface area contributed by atoms with Gasteiger partial charge in [0.2, 0.25) is 0 Å². The second-order valence-electron chi connectivity index (χ2n) is 7.61. The average Bonchev–Trinajstić information content (AvgIpc) is 3.39. The van der Waals surface area contributed by atoms with Gasteiger partial charge in [0.15, 0.2) is 5.96 Å². The fraction of sp³-hybridized carbons (Fsp3) is 0.650. The lowest BCUT2D eigenvalue weighted by molar-refractivity contribution is 0.210. The van der Waals surface area contributed by atoms with E-state index in [4.69, 9.17) is 4.99 Å². The first-order valence-corrected chi connectivity index (χ1v) is 9.59. The zero-order valence-corrected chi connectivity index (χ0v) is 18.3. The topological polar surface area (TPSA) is 39.7 Å². The zero-order valence-electron chi connectivity index (χ0n) is 15.9. The van der Waals surface area contributed by atoms with Crippen molar-refractivity contribution in [2.24, 2.45) is 10.9 Å². The van der Waals surface area contributed by atoms with E-state index in [0.29, 0.717) is 12.5 Å². The molecule has 26 heavy (non-hydrogen) atoms. The summed E-state index contributed by atoms with van der Waals surface area (Å²) in [7, 11) is 2.19. The first-order chi connectivity index (χ1) is 12.1. The summed E-state index contributed by atoms with van der Waals surface area (Å²) >= 11 is 0. The van der Waals surface area contributed by atoms with Crippen molar-refractivity contribution < 1.29 is 4.39 Å². The number of hydrogen-bond donors (Lipinski definition) is 2. The van der Waals surface area contributed by atoms with Crippen LogP contribution in [-0.2, 0) is 5.41 Å². The van der Waals surface area contributed by atoms with Crippen LogP contribution in [0.2, 0.25) is 0 Å². The van der Waals surface area contributed by atoms with Crippen LogP contribution in [0.1, 0.15) is 38.2 Å². The van der Waals surface area contributed by atoms with Gasteiger partial charge in [0.1, 0.15) is 5.82 Å². The average molecular weight is 474 g/mol. The van der Waals surface area contributed by atoms with E-state index >= 15 is 0 Å². The second kappa shape index (κ2) is 9.88. The molecule has 1 unspecified atom stereocenters. The summed E-state index contributed by atoms with van der Waals surface area (Å²) in [5.74, 6) is 1.43. The number of rotatable bonds is 6. The molecule has 1 aliphatic carbocycles. The molecule has 2 fully saturated rings. The molecule has 0 radical (unpaired) electrons. The van der Waals surface area contributed by atoms with E-state index in [-0.39, 0.29) is 35.2 Å². The maximum atomic E-state index is 14.1. The van der Waals surface area contributed by atoms with E-state index in [0.717, 1.165) is 44.0 Å². The third-order valence-electron chi connectivity index (χ3n) is 5.46. The lowest BCUT2D eigenvalue weighted by Crippen LogP contribution is -2.43. The quantitative estimate of drug-likeness (QED) is 0.378. The number of guanidine groups is 1. The minimum Gasteiger partial charge on any atom is -0.357 e. The molecule has 1 heterocycles. The molecule has 146 valence electrons. The molecule has 1 aromatic carbocycles. The van der Waals surface area contributed by atoms with Gasteiger partial charge >= 0.3 is 0 Å². The van der Waals surface area contributed by atoms with Gasteiger partial charge in [-0.2, -0.15) is 0 Å². The van der Waals surface area contributed by atoms with E-state index in [9.17, 15) is 4.39 Å². The van der Waals surface area contributed by atoms with Crippen molar-refractivity contribution in [2.45, 2.75) is 38.0 Å². The lowest BCUT2D eigenvalue weighted by atomic mass is 9.95. The molecule has 1 aromatic rings. The molecule has 0 spiro atoms. The van der Waals surface area contributed by atoms with Crippen LogP contribution in [0.4, 0.5) is 4.39 Å². The monoisotopic (exact) mass is 474 g/mol. The highest BCUT2D eigenvalue weighted by atomic mass is 127. The van der Waals surface area contributed by atoms with Crippen molar-refractivity contribution in [1.29, 1.82) is 0 Å². The molecule has 1 atom stereocenters. The first kappa shape index (κ1) is 21.4. The maximum Gasteiger partial charge on any atom is 0.191 e. The Labute approximate surface area is 174 Å². The summed E-state index contributed by atoms with van der Waals surface area (Å²) in [4.78, 5) is 7.18. The predicted octanol–water partition coefficient (Wildman–Crippen LogP) is 3.37. The number of aliphatic imine (C=N–C) groups is 1. The number of nitrogens with one attached hydrogen (secondary N) is 2. The van der Waals surface area contributed by atoms with Crippen molar-refractivity contribution in [3.63, 3.8) is 0 Å². The lowest BCUT2D eigenvalue weighted by Gasteiger charge is -2.30. The summed E-state index contributed by atoms with van der Waals surface area (Å²) in [6.07, 6.45) is 4.58. The van der Waals surface area contributed by atoms with Gasteiger partial charge in [0, 0.05) is 25.0 Å². The first-order valence-electron chi connectivity index (χ1n) is 9.59. The Morgan fingerprint density at radius 1 is 1.31 bits per heavy atom. The van der Waals surface area contributed by atoms with Crippen LogP contribution in [0.25, 0.3) is 0 Å². The predicted molar refractivity (Wildman–Crippen MR) is 117 cm³/mol. The molecule has 3 rings (SSSR count). The third kappa shape index (κ3) is 5.55. The number of nitrogens with zero attached hydrogens (tertiary/aromatic N) is 2. The summed E-state index contributed by atoms with van der Waals surface area (Å²) in [5.41, 5.74) is 0.724. The van der Waals surface area contributed by atoms with Crippen LogP contribution in [0.15, 0.2) is 29.3 Å². The van der Waals surface area contributed by atoms with Crippen molar-refractivity contribution >= 4 is 29.9 Å². The van der Waals surface area contributed by atoms with Crippen LogP contribution in [0.3, 0.4) is 0 Å². The Bertz CT molecular complexity index is 603. The molecule has 4 nitrogen and oxygen atoms in total. The molecule has 1 aliphatic heterocycles. The number of piperidine rings is 1. The van der Waals surface area contributed by atoms with Crippen LogP contribution >= 0.6 is 24.0 Å². The molecule has 6 heteroatoms. The second-order valence-corrected chi connectivity index (χ2v) is 7.61. The Kier molecular flexibility index (Phi) is 8.13. The highest BCUT2D eigenvalue weighted by Crippen LogP contribution is 2.49. The van der Waals surface area contributed by atoms with Crippen LogP contribution in [0.5, 0.6) is 0 Å². The molecule has 0 bridgehead atoms. The van der Waals surface area contributed by atoms with Gasteiger partial charge in [-0.3, -0.25) is 4.99 Å². The minimum absolute atomic E-state index is 0. The number of halogens is 2. The smallest absolute Gasteiger partial charge is 0.191 e. The van der Waals surface area contributed by atoms with Gasteiger partial charge in [-0.25, -0.2) is 4.39 Å². The standard InChI is InChI=1S/C20H31FN4.HI/c1-3-22-19(23-13-16-7-6-12-25(2)14-16)24-15-20(10-11-20)17-8-4-5-9-18(17)21;/h4-5,8-9,16H,3,6-7,10-15H2,1-2H3,(H2,22,23,24);1H. The highest BCUT2D eigenvalue weighted by Gasteiger charge is 2.45. The molecular formula is C20H32FIN4. The van der Waals surface area contributed by atoms with Gasteiger partial charge in [-0.15, -0.1) is 24.0 Å². The van der Waals surface area contributed by atoms with E-state index in [1.807, 2.05) is 12.1 Å². The van der Waals surface area contributed by atoms with Crippen LogP contribution < -0.4 is 10.6 Å². The van der Waals surface area contributed by atoms with Gasteiger partial charge in [0.05, 0.1) is 6.54 Å². The summed E-state index contributed by atoms with van der Waals surface area (Å²) in [6, 6.07) is 7.15. The normalized spacial score (nSPS) is 22.4. The van der Waals surface area contributed by atoms with Gasteiger partial charge in [-0.1, -0.05) is 18.2 Å². The molecule has 1 saturated heterocycles. The fourth-order valence-electron chi connectivity index (χ4n) is 3.81. The summed E-state index contributed by atoms with van der Waals surface area (Å²) in [6.45, 7) is 6.86. The molecule has 2 aliphatic rings. The molecule has 0 amide bonds. The minimum atomic E-state index is -0.0987. The van der Waals surface area contributed by atoms with E-state index < -0.39 is 0 Å². The number of benzene rings is 1. The Morgan fingerprint density at radius 3 is 2.73 bits per heavy atom. The SMILES string of the molecule is CCNC(=NCC1(c2ccccc2F)CC1)NCC1CCCN(C)C1.I. The van der Waals surface area contributed by atoms with Gasteiger partial charge in [0.25, 0.3) is 0 Å². The Balaban J connectivity index is 0.00000243. The van der Waals surface area contributed by atoms with Crippen molar-refractivity contribution in [2.75, 3.05) is 39.8 Å². The molecule has 0 aromatic heterocycles. The highest BCUT2D eigenvalue weighted by molar-refractivity contribution is 14.0. The van der Waals surface area contributed by atoms with E-state index in [1.54, 1.807) is 12.1 Å². The Morgan fingerprint density at radius 2 is 2.08 bits per heavy atom. The van der Waals surface area contributed by atoms with Crippen LogP contribution in [-0.4, -0.2) is 50.6 Å². The fourth-order valence-corrected chi connectivity index (χ4v) is 3.81. The maximum absolute atomic E-state index is 14.1. The third-order valence-corrected chi connectivity index (χ3v) is 5.46. The molecule has 2 N–H and O–H groups in total. The van der Waals surface area contributed by atoms with Crippen molar-refractivity contribution in [3.8, 4) is 0 Å². The van der Waals surface area contributed by atoms with Gasteiger partial charge in [-0.05, 0) is 63.7 Å². The summed E-state index contributed by atoms with van der Waals surface area (Å²) < 4.78 is 14.1. The number of likely N-dealkylation sites (tertiary alicyclic amines) is 1. The molecular weight excluding hydrogens is 442 g/mol. The van der Waals surface area contributed by atoms with Gasteiger partial charge < -0.3 is 15.5 Å². The molecule has 1 saturated carbocycles. The zero-order chi connectivity index (χ0) is 17.7. The van der Waals surface area contributed by atoms with Crippen molar-refractivity contribution in [3.05, 3.63) is 35.6 Å². The Hall–Kier alpha value is -0.890. The number of hydrogen-bond acceptors (Lipinski definition) is 2. The van der Waals surface area contributed by atoms with E-state index in [1.165, 1.54) is 19.4 Å². The van der Waals surface area contributed by atoms with Crippen molar-refractivity contribution in [1.82, 2.24) is 15.5 Å². The summed E-state index contributed by atoms with van der Waals surface area (Å²) in [5, 5.41) is 6.83.